The standard InChI is InChI=1S/C22H22F3N3O2/c1-13-11-18(14(2)30-13)21(29)27-16-6-9-28(10-7-16)20-5-8-26-19-12-15(22(23,24)25)3-4-17(19)20/h3-5,8,11-12,16H,6-7,9-10H2,1-2H3,(H,27,29). The van der Waals surface area contributed by atoms with Gasteiger partial charge >= 0.3 is 6.18 Å². The van der Waals surface area contributed by atoms with Crippen molar-refractivity contribution >= 4 is 22.5 Å². The van der Waals surface area contributed by atoms with Gasteiger partial charge in [-0.2, -0.15) is 13.2 Å². The van der Waals surface area contributed by atoms with E-state index < -0.39 is 11.7 Å². The van der Waals surface area contributed by atoms with Crippen LogP contribution in [0.15, 0.2) is 40.9 Å². The number of piperidine rings is 1. The van der Waals surface area contributed by atoms with E-state index in [4.69, 9.17) is 4.42 Å². The Kier molecular flexibility index (Phi) is 5.17. The van der Waals surface area contributed by atoms with Crippen LogP contribution in [0, 0.1) is 13.8 Å². The van der Waals surface area contributed by atoms with Crippen molar-refractivity contribution in [3.8, 4) is 0 Å². The van der Waals surface area contributed by atoms with Gasteiger partial charge in [0.2, 0.25) is 0 Å². The van der Waals surface area contributed by atoms with E-state index in [2.05, 4.69) is 15.2 Å². The summed E-state index contributed by atoms with van der Waals surface area (Å²) in [5.74, 6) is 1.16. The van der Waals surface area contributed by atoms with Crippen molar-refractivity contribution in [1.29, 1.82) is 0 Å². The molecular weight excluding hydrogens is 395 g/mol. The topological polar surface area (TPSA) is 58.4 Å². The van der Waals surface area contributed by atoms with Gasteiger partial charge in [-0.1, -0.05) is 6.07 Å². The third-order valence-corrected chi connectivity index (χ3v) is 5.50. The minimum absolute atomic E-state index is 0.0355. The number of nitrogens with one attached hydrogen (secondary N) is 1. The first-order valence-corrected chi connectivity index (χ1v) is 9.81. The van der Waals surface area contributed by atoms with Crippen molar-refractivity contribution < 1.29 is 22.4 Å². The normalized spacial score (nSPS) is 15.6. The molecule has 3 heterocycles. The molecule has 1 saturated heterocycles. The number of carbonyl (C=O) groups is 1. The largest absolute Gasteiger partial charge is 0.466 e. The smallest absolute Gasteiger partial charge is 0.416 e. The molecule has 0 spiro atoms. The maximum absolute atomic E-state index is 13.0. The van der Waals surface area contributed by atoms with Gasteiger partial charge in [-0.25, -0.2) is 0 Å². The van der Waals surface area contributed by atoms with Crippen molar-refractivity contribution in [2.75, 3.05) is 18.0 Å². The Hall–Kier alpha value is -3.03. The Morgan fingerprint density at radius 3 is 2.53 bits per heavy atom. The van der Waals surface area contributed by atoms with E-state index in [9.17, 15) is 18.0 Å². The minimum Gasteiger partial charge on any atom is -0.466 e. The van der Waals surface area contributed by atoms with Crippen LogP contribution in [-0.4, -0.2) is 30.0 Å². The summed E-state index contributed by atoms with van der Waals surface area (Å²) >= 11 is 0. The molecule has 30 heavy (non-hydrogen) atoms. The number of aryl methyl sites for hydroxylation is 2. The average Bonchev–Trinajstić information content (AvgIpc) is 3.05. The zero-order valence-electron chi connectivity index (χ0n) is 16.7. The second-order valence-corrected chi connectivity index (χ2v) is 7.62. The van der Waals surface area contributed by atoms with Crippen molar-refractivity contribution in [3.63, 3.8) is 0 Å². The lowest BCUT2D eigenvalue weighted by Crippen LogP contribution is -2.44. The first kappa shape index (κ1) is 20.3. The average molecular weight is 417 g/mol. The maximum atomic E-state index is 13.0. The number of halogens is 3. The molecule has 5 nitrogen and oxygen atoms in total. The quantitative estimate of drug-likeness (QED) is 0.661. The SMILES string of the molecule is Cc1cc(C(=O)NC2CCN(c3ccnc4cc(C(F)(F)F)ccc34)CC2)c(C)o1. The Balaban J connectivity index is 1.46. The van der Waals surface area contributed by atoms with Gasteiger partial charge < -0.3 is 14.6 Å². The number of furan rings is 1. The molecule has 4 rings (SSSR count). The minimum atomic E-state index is -4.39. The summed E-state index contributed by atoms with van der Waals surface area (Å²) in [6, 6.07) is 7.26. The fraction of sp³-hybridized carbons (Fsp3) is 0.364. The molecule has 158 valence electrons. The monoisotopic (exact) mass is 417 g/mol. The number of aromatic nitrogens is 1. The fourth-order valence-electron chi connectivity index (χ4n) is 3.97. The van der Waals surface area contributed by atoms with Crippen LogP contribution in [0.25, 0.3) is 10.9 Å². The summed E-state index contributed by atoms with van der Waals surface area (Å²) in [5, 5.41) is 3.75. The molecule has 1 aliphatic heterocycles. The Morgan fingerprint density at radius 2 is 1.90 bits per heavy atom. The van der Waals surface area contributed by atoms with Gasteiger partial charge in [0.05, 0.1) is 16.6 Å². The van der Waals surface area contributed by atoms with Gasteiger partial charge in [0.1, 0.15) is 11.5 Å². The third-order valence-electron chi connectivity index (χ3n) is 5.50. The number of anilines is 1. The van der Waals surface area contributed by atoms with E-state index in [0.29, 0.717) is 41.1 Å². The summed E-state index contributed by atoms with van der Waals surface area (Å²) in [7, 11) is 0. The second-order valence-electron chi connectivity index (χ2n) is 7.62. The van der Waals surface area contributed by atoms with E-state index >= 15 is 0 Å². The van der Waals surface area contributed by atoms with Crippen LogP contribution in [0.2, 0.25) is 0 Å². The number of pyridine rings is 1. The molecular formula is C22H22F3N3O2. The molecule has 1 fully saturated rings. The van der Waals surface area contributed by atoms with E-state index in [1.165, 1.54) is 12.3 Å². The van der Waals surface area contributed by atoms with Gasteiger partial charge in [-0.3, -0.25) is 9.78 Å². The van der Waals surface area contributed by atoms with Crippen molar-refractivity contribution in [1.82, 2.24) is 10.3 Å². The van der Waals surface area contributed by atoms with Gasteiger partial charge in [0, 0.05) is 36.4 Å². The molecule has 1 aromatic carbocycles. The summed E-state index contributed by atoms with van der Waals surface area (Å²) in [6.07, 6.45) is -1.37. The molecule has 1 N–H and O–H groups in total. The van der Waals surface area contributed by atoms with Crippen LogP contribution in [0.3, 0.4) is 0 Å². The molecule has 3 aromatic rings. The van der Waals surface area contributed by atoms with Crippen LogP contribution < -0.4 is 10.2 Å². The highest BCUT2D eigenvalue weighted by molar-refractivity contribution is 5.95. The van der Waals surface area contributed by atoms with Crippen LogP contribution >= 0.6 is 0 Å². The Bertz CT molecular complexity index is 1080. The number of amides is 1. The number of hydrogen-bond donors (Lipinski definition) is 1. The molecule has 0 unspecified atom stereocenters. The van der Waals surface area contributed by atoms with E-state index in [1.807, 2.05) is 6.07 Å². The second kappa shape index (κ2) is 7.66. The van der Waals surface area contributed by atoms with Gasteiger partial charge in [0.25, 0.3) is 5.91 Å². The lowest BCUT2D eigenvalue weighted by Gasteiger charge is -2.34. The first-order valence-electron chi connectivity index (χ1n) is 9.81. The van der Waals surface area contributed by atoms with E-state index in [-0.39, 0.29) is 11.9 Å². The molecule has 0 radical (unpaired) electrons. The first-order chi connectivity index (χ1) is 14.2. The zero-order valence-corrected chi connectivity index (χ0v) is 16.7. The molecule has 0 atom stereocenters. The lowest BCUT2D eigenvalue weighted by atomic mass is 10.0. The summed E-state index contributed by atoms with van der Waals surface area (Å²) in [4.78, 5) is 18.7. The Morgan fingerprint density at radius 1 is 1.17 bits per heavy atom. The zero-order chi connectivity index (χ0) is 21.5. The highest BCUT2D eigenvalue weighted by Crippen LogP contribution is 2.34. The molecule has 1 amide bonds. The Labute approximate surface area is 171 Å². The van der Waals surface area contributed by atoms with E-state index in [0.717, 1.165) is 30.7 Å². The third kappa shape index (κ3) is 3.99. The van der Waals surface area contributed by atoms with Gasteiger partial charge in [-0.15, -0.1) is 0 Å². The van der Waals surface area contributed by atoms with Crippen LogP contribution in [0.4, 0.5) is 18.9 Å². The summed E-state index contributed by atoms with van der Waals surface area (Å²) < 4.78 is 44.4. The predicted molar refractivity (Wildman–Crippen MR) is 108 cm³/mol. The van der Waals surface area contributed by atoms with Crippen molar-refractivity contribution in [2.45, 2.75) is 38.9 Å². The molecule has 1 aliphatic rings. The molecule has 0 saturated carbocycles. The molecule has 0 bridgehead atoms. The van der Waals surface area contributed by atoms with Gasteiger partial charge in [-0.05, 0) is 51.0 Å². The number of hydrogen-bond acceptors (Lipinski definition) is 4. The highest BCUT2D eigenvalue weighted by atomic mass is 19.4. The van der Waals surface area contributed by atoms with Crippen LogP contribution in [0.1, 0.15) is 40.3 Å². The summed E-state index contributed by atoms with van der Waals surface area (Å²) in [5.41, 5.74) is 1.03. The van der Waals surface area contributed by atoms with Gasteiger partial charge in [0.15, 0.2) is 0 Å². The number of rotatable bonds is 3. The predicted octanol–water partition coefficient (Wildman–Crippen LogP) is 4.86. The summed E-state index contributed by atoms with van der Waals surface area (Å²) in [6.45, 7) is 4.95. The molecule has 8 heteroatoms. The van der Waals surface area contributed by atoms with Crippen LogP contribution in [0.5, 0.6) is 0 Å². The number of alkyl halides is 3. The van der Waals surface area contributed by atoms with E-state index in [1.54, 1.807) is 19.9 Å². The lowest BCUT2D eigenvalue weighted by molar-refractivity contribution is -0.137. The van der Waals surface area contributed by atoms with Crippen LogP contribution in [-0.2, 0) is 6.18 Å². The molecule has 0 aliphatic carbocycles. The van der Waals surface area contributed by atoms with Crippen molar-refractivity contribution in [3.05, 3.63) is 59.2 Å². The highest BCUT2D eigenvalue weighted by Gasteiger charge is 2.31. The fourth-order valence-corrected chi connectivity index (χ4v) is 3.97. The number of fused-ring (bicyclic) bond motifs is 1. The number of benzene rings is 1. The maximum Gasteiger partial charge on any atom is 0.416 e. The number of nitrogens with zero attached hydrogens (tertiary/aromatic N) is 2. The van der Waals surface area contributed by atoms with Crippen molar-refractivity contribution in [2.24, 2.45) is 0 Å². The molecule has 2 aromatic heterocycles. The number of carbonyl (C=O) groups excluding carboxylic acids is 1.